The van der Waals surface area contributed by atoms with Crippen LogP contribution in [0.4, 0.5) is 11.8 Å². The van der Waals surface area contributed by atoms with Crippen molar-refractivity contribution < 1.29 is 4.74 Å². The molecule has 0 bridgehead atoms. The highest BCUT2D eigenvalue weighted by molar-refractivity contribution is 7.18. The van der Waals surface area contributed by atoms with Gasteiger partial charge in [0.05, 0.1) is 5.39 Å². The molecule has 3 rings (SSSR count). The summed E-state index contributed by atoms with van der Waals surface area (Å²) in [6.07, 6.45) is 3.60. The van der Waals surface area contributed by atoms with E-state index in [-0.39, 0.29) is 0 Å². The summed E-state index contributed by atoms with van der Waals surface area (Å²) in [7, 11) is 1.75. The Morgan fingerprint density at radius 1 is 1.43 bits per heavy atom. The molecule has 2 heterocycles. The molecule has 6 nitrogen and oxygen atoms in total. The van der Waals surface area contributed by atoms with Crippen LogP contribution < -0.4 is 16.6 Å². The fourth-order valence-corrected chi connectivity index (χ4v) is 3.40. The first-order valence-corrected chi connectivity index (χ1v) is 7.95. The molecule has 0 spiro atoms. The van der Waals surface area contributed by atoms with Crippen LogP contribution in [-0.2, 0) is 4.74 Å². The summed E-state index contributed by atoms with van der Waals surface area (Å²) in [5.74, 6) is 6.78. The number of hydrogen-bond donors (Lipinski definition) is 3. The lowest BCUT2D eigenvalue weighted by Gasteiger charge is -2.16. The first-order valence-electron chi connectivity index (χ1n) is 7.13. The van der Waals surface area contributed by atoms with Crippen LogP contribution in [0.5, 0.6) is 0 Å². The van der Waals surface area contributed by atoms with Crippen molar-refractivity contribution in [2.45, 2.75) is 26.2 Å². The Bertz CT molecular complexity index is 638. The van der Waals surface area contributed by atoms with E-state index in [9.17, 15) is 0 Å². The van der Waals surface area contributed by atoms with Crippen molar-refractivity contribution in [2.24, 2.45) is 11.3 Å². The third-order valence-electron chi connectivity index (χ3n) is 4.07. The number of nitrogens with zero attached hydrogens (tertiary/aromatic N) is 2. The highest BCUT2D eigenvalue weighted by atomic mass is 32.1. The molecule has 0 atom stereocenters. The summed E-state index contributed by atoms with van der Waals surface area (Å²) in [5, 5.41) is 4.56. The Hall–Kier alpha value is -1.44. The maximum Gasteiger partial charge on any atom is 0.240 e. The van der Waals surface area contributed by atoms with Crippen LogP contribution in [0.1, 0.15) is 24.1 Å². The Kier molecular flexibility index (Phi) is 3.97. The number of nitrogen functional groups attached to an aromatic ring is 1. The number of aryl methyl sites for hydroxylation is 1. The molecule has 0 unspecified atom stereocenters. The van der Waals surface area contributed by atoms with E-state index < -0.39 is 0 Å². The molecular formula is C14H21N5OS. The van der Waals surface area contributed by atoms with Gasteiger partial charge in [-0.3, -0.25) is 5.43 Å². The van der Waals surface area contributed by atoms with Gasteiger partial charge in [0, 0.05) is 25.1 Å². The number of aromatic nitrogens is 2. The second kappa shape index (κ2) is 5.75. The Balaban J connectivity index is 1.79. The number of nitrogens with one attached hydrogen (secondary N) is 2. The molecule has 1 aliphatic carbocycles. The lowest BCUT2D eigenvalue weighted by atomic mass is 10.0. The minimum absolute atomic E-state index is 0.370. The van der Waals surface area contributed by atoms with Gasteiger partial charge in [0.2, 0.25) is 5.95 Å². The fraction of sp³-hybridized carbons (Fsp3) is 0.571. The number of thiophene rings is 1. The minimum Gasteiger partial charge on any atom is -0.385 e. The van der Waals surface area contributed by atoms with E-state index in [1.54, 1.807) is 18.4 Å². The molecule has 1 aliphatic rings. The van der Waals surface area contributed by atoms with Gasteiger partial charge < -0.3 is 10.1 Å². The second-order valence-corrected chi connectivity index (χ2v) is 6.95. The van der Waals surface area contributed by atoms with Gasteiger partial charge in [-0.2, -0.15) is 4.98 Å². The zero-order valence-electron chi connectivity index (χ0n) is 12.4. The molecule has 0 saturated heterocycles. The first-order chi connectivity index (χ1) is 10.2. The topological polar surface area (TPSA) is 85.1 Å². The predicted octanol–water partition coefficient (Wildman–Crippen LogP) is 2.51. The van der Waals surface area contributed by atoms with Gasteiger partial charge in [0.15, 0.2) is 0 Å². The van der Waals surface area contributed by atoms with E-state index in [0.29, 0.717) is 11.4 Å². The lowest BCUT2D eigenvalue weighted by Crippen LogP contribution is -2.19. The fourth-order valence-electron chi connectivity index (χ4n) is 2.52. The standard InChI is InChI=1S/C14H21N5OS/c1-9-7-10-11(17-13(19-15)18-12(10)21-9)16-8-14(3-4-14)5-6-20-2/h7H,3-6,8,15H2,1-2H3,(H2,16,17,18,19). The molecule has 1 fully saturated rings. The van der Waals surface area contributed by atoms with Crippen molar-refractivity contribution in [2.75, 3.05) is 31.0 Å². The summed E-state index contributed by atoms with van der Waals surface area (Å²) < 4.78 is 5.20. The van der Waals surface area contributed by atoms with Crippen molar-refractivity contribution in [3.8, 4) is 0 Å². The molecule has 0 amide bonds. The van der Waals surface area contributed by atoms with Crippen LogP contribution in [0, 0.1) is 12.3 Å². The zero-order valence-corrected chi connectivity index (χ0v) is 13.2. The Morgan fingerprint density at radius 3 is 2.90 bits per heavy atom. The molecule has 0 radical (unpaired) electrons. The van der Waals surface area contributed by atoms with Crippen molar-refractivity contribution in [1.29, 1.82) is 0 Å². The molecule has 2 aromatic rings. The Labute approximate surface area is 128 Å². The number of rotatable bonds is 7. The van der Waals surface area contributed by atoms with Crippen molar-refractivity contribution in [1.82, 2.24) is 9.97 Å². The summed E-state index contributed by atoms with van der Waals surface area (Å²) in [6, 6.07) is 2.12. The van der Waals surface area contributed by atoms with Gasteiger partial charge in [-0.05, 0) is 37.7 Å². The van der Waals surface area contributed by atoms with Crippen molar-refractivity contribution in [3.63, 3.8) is 0 Å². The van der Waals surface area contributed by atoms with Crippen LogP contribution in [0.2, 0.25) is 0 Å². The van der Waals surface area contributed by atoms with E-state index in [4.69, 9.17) is 10.6 Å². The molecule has 114 valence electrons. The molecule has 0 aromatic carbocycles. The molecule has 1 saturated carbocycles. The largest absolute Gasteiger partial charge is 0.385 e. The summed E-state index contributed by atoms with van der Waals surface area (Å²) in [6.45, 7) is 3.81. The van der Waals surface area contributed by atoms with E-state index in [0.717, 1.165) is 35.6 Å². The van der Waals surface area contributed by atoms with E-state index >= 15 is 0 Å². The summed E-state index contributed by atoms with van der Waals surface area (Å²) in [5.41, 5.74) is 2.91. The molecular weight excluding hydrogens is 286 g/mol. The smallest absolute Gasteiger partial charge is 0.240 e. The van der Waals surface area contributed by atoms with Crippen LogP contribution >= 0.6 is 11.3 Å². The van der Waals surface area contributed by atoms with E-state index in [1.165, 1.54) is 17.7 Å². The first kappa shape index (κ1) is 14.5. The van der Waals surface area contributed by atoms with Gasteiger partial charge >= 0.3 is 0 Å². The van der Waals surface area contributed by atoms with Gasteiger partial charge in [0.1, 0.15) is 10.6 Å². The highest BCUT2D eigenvalue weighted by Crippen LogP contribution is 2.48. The van der Waals surface area contributed by atoms with Crippen LogP contribution in [0.3, 0.4) is 0 Å². The van der Waals surface area contributed by atoms with Crippen LogP contribution in [0.25, 0.3) is 10.2 Å². The SMILES string of the molecule is COCCC1(CNc2nc(NN)nc3sc(C)cc23)CC1. The van der Waals surface area contributed by atoms with E-state index in [2.05, 4.69) is 33.7 Å². The third-order valence-corrected chi connectivity index (χ3v) is 5.01. The Morgan fingerprint density at radius 2 is 2.24 bits per heavy atom. The third kappa shape index (κ3) is 3.09. The number of ether oxygens (including phenoxy) is 1. The highest BCUT2D eigenvalue weighted by Gasteiger charge is 2.41. The second-order valence-electron chi connectivity index (χ2n) is 5.71. The molecule has 7 heteroatoms. The van der Waals surface area contributed by atoms with Gasteiger partial charge in [-0.25, -0.2) is 10.8 Å². The average Bonchev–Trinajstić information content (AvgIpc) is 3.15. The number of nitrogens with two attached hydrogens (primary N) is 1. The average molecular weight is 307 g/mol. The predicted molar refractivity (Wildman–Crippen MR) is 86.6 cm³/mol. The normalized spacial score (nSPS) is 16.1. The number of methoxy groups -OCH3 is 1. The van der Waals surface area contributed by atoms with Crippen LogP contribution in [-0.4, -0.2) is 30.2 Å². The number of anilines is 2. The molecule has 4 N–H and O–H groups in total. The van der Waals surface area contributed by atoms with Crippen molar-refractivity contribution in [3.05, 3.63) is 10.9 Å². The minimum atomic E-state index is 0.370. The number of hydrazine groups is 1. The van der Waals surface area contributed by atoms with Crippen molar-refractivity contribution >= 4 is 33.3 Å². The maximum absolute atomic E-state index is 5.46. The maximum atomic E-state index is 5.46. The summed E-state index contributed by atoms with van der Waals surface area (Å²) in [4.78, 5) is 11.0. The molecule has 0 aliphatic heterocycles. The van der Waals surface area contributed by atoms with Gasteiger partial charge in [-0.1, -0.05) is 0 Å². The molecule has 2 aromatic heterocycles. The van der Waals surface area contributed by atoms with Crippen LogP contribution in [0.15, 0.2) is 6.07 Å². The summed E-state index contributed by atoms with van der Waals surface area (Å²) >= 11 is 1.65. The number of fused-ring (bicyclic) bond motifs is 1. The van der Waals surface area contributed by atoms with Gasteiger partial charge in [0.25, 0.3) is 0 Å². The zero-order chi connectivity index (χ0) is 14.9. The quantitative estimate of drug-likeness (QED) is 0.538. The number of hydrogen-bond acceptors (Lipinski definition) is 7. The monoisotopic (exact) mass is 307 g/mol. The lowest BCUT2D eigenvalue weighted by molar-refractivity contribution is 0.175. The molecule has 21 heavy (non-hydrogen) atoms. The van der Waals surface area contributed by atoms with Gasteiger partial charge in [-0.15, -0.1) is 11.3 Å². The van der Waals surface area contributed by atoms with E-state index in [1.807, 2.05) is 0 Å².